The number of rotatable bonds is 5. The Morgan fingerprint density at radius 1 is 1.32 bits per heavy atom. The molecule has 118 valence electrons. The number of nitrogens with zero attached hydrogens (tertiary/aromatic N) is 4. The van der Waals surface area contributed by atoms with Gasteiger partial charge in [0.1, 0.15) is 0 Å². The third kappa shape index (κ3) is 2.86. The van der Waals surface area contributed by atoms with E-state index in [1.165, 1.54) is 7.05 Å². The second-order valence-electron chi connectivity index (χ2n) is 5.53. The average molecular weight is 342 g/mol. The van der Waals surface area contributed by atoms with Crippen molar-refractivity contribution < 1.29 is 8.42 Å². The first kappa shape index (κ1) is 15.4. The van der Waals surface area contributed by atoms with E-state index < -0.39 is 10.0 Å². The molecule has 0 aliphatic heterocycles. The fourth-order valence-corrected chi connectivity index (χ4v) is 3.74. The lowest BCUT2D eigenvalue weighted by Crippen LogP contribution is -2.45. The van der Waals surface area contributed by atoms with Crippen molar-refractivity contribution in [1.29, 1.82) is 0 Å². The Kier molecular flexibility index (Phi) is 3.92. The van der Waals surface area contributed by atoms with Crippen LogP contribution in [0.5, 0.6) is 0 Å². The predicted molar refractivity (Wildman–Crippen MR) is 81.0 cm³/mol. The zero-order valence-corrected chi connectivity index (χ0v) is 13.6. The Morgan fingerprint density at radius 3 is 2.50 bits per heavy atom. The maximum absolute atomic E-state index is 12.2. The molecule has 1 aliphatic rings. The van der Waals surface area contributed by atoms with Crippen molar-refractivity contribution in [3.8, 4) is 0 Å². The molecule has 1 saturated carbocycles. The number of aryl methyl sites for hydroxylation is 1. The lowest BCUT2D eigenvalue weighted by Gasteiger charge is -2.42. The fourth-order valence-electron chi connectivity index (χ4n) is 2.65. The molecule has 0 unspecified atom stereocenters. The minimum absolute atomic E-state index is 0.181. The molecule has 0 radical (unpaired) electrons. The van der Waals surface area contributed by atoms with Gasteiger partial charge in [0.15, 0.2) is 0 Å². The highest BCUT2D eigenvalue weighted by atomic mass is 35.5. The molecule has 1 fully saturated rings. The first-order valence-corrected chi connectivity index (χ1v) is 8.77. The third-order valence-electron chi connectivity index (χ3n) is 4.10. The summed E-state index contributed by atoms with van der Waals surface area (Å²) in [5.74, 6) is 0. The number of halogens is 1. The van der Waals surface area contributed by atoms with E-state index in [1.807, 2.05) is 24.3 Å². The highest BCUT2D eigenvalue weighted by Crippen LogP contribution is 2.43. The van der Waals surface area contributed by atoms with Crippen molar-refractivity contribution >= 4 is 21.6 Å². The quantitative estimate of drug-likeness (QED) is 0.884. The van der Waals surface area contributed by atoms with Gasteiger partial charge >= 0.3 is 5.16 Å². The Hall–Kier alpha value is -1.51. The van der Waals surface area contributed by atoms with Gasteiger partial charge in [-0.1, -0.05) is 35.3 Å². The molecule has 1 aliphatic carbocycles. The van der Waals surface area contributed by atoms with Gasteiger partial charge in [-0.05, 0) is 35.8 Å². The fraction of sp³-hybridized carbons (Fsp3) is 0.462. The lowest BCUT2D eigenvalue weighted by molar-refractivity contribution is 0.245. The molecular formula is C13H16ClN5O2S. The van der Waals surface area contributed by atoms with E-state index in [9.17, 15) is 8.42 Å². The Labute approximate surface area is 133 Å². The standard InChI is InChI=1S/C13H16ClN5O2S/c1-19-17-12(16-18-19)22(20,21)15-9-13(7-2-8-13)10-3-5-11(14)6-4-10/h3-6,15H,2,7-9H2,1H3. The van der Waals surface area contributed by atoms with Crippen molar-refractivity contribution in [3.63, 3.8) is 0 Å². The van der Waals surface area contributed by atoms with E-state index in [1.54, 1.807) is 0 Å². The molecule has 7 nitrogen and oxygen atoms in total. The zero-order chi connectivity index (χ0) is 15.8. The van der Waals surface area contributed by atoms with Crippen LogP contribution in [-0.4, -0.2) is 35.2 Å². The summed E-state index contributed by atoms with van der Waals surface area (Å²) in [7, 11) is -2.23. The smallest absolute Gasteiger partial charge is 0.207 e. The van der Waals surface area contributed by atoms with Crippen LogP contribution in [0.3, 0.4) is 0 Å². The van der Waals surface area contributed by atoms with Gasteiger partial charge in [-0.3, -0.25) is 0 Å². The topological polar surface area (TPSA) is 89.8 Å². The van der Waals surface area contributed by atoms with Crippen LogP contribution in [0, 0.1) is 0 Å². The summed E-state index contributed by atoms with van der Waals surface area (Å²) < 4.78 is 27.0. The molecule has 0 spiro atoms. The minimum Gasteiger partial charge on any atom is -0.207 e. The number of aromatic nitrogens is 4. The van der Waals surface area contributed by atoms with E-state index in [0.29, 0.717) is 11.6 Å². The van der Waals surface area contributed by atoms with E-state index in [4.69, 9.17) is 11.6 Å². The van der Waals surface area contributed by atoms with Gasteiger partial charge < -0.3 is 0 Å². The normalized spacial score (nSPS) is 17.2. The summed E-state index contributed by atoms with van der Waals surface area (Å²) >= 11 is 5.92. The second kappa shape index (κ2) is 5.60. The summed E-state index contributed by atoms with van der Waals surface area (Å²) in [6.45, 7) is 0.315. The summed E-state index contributed by atoms with van der Waals surface area (Å²) in [5, 5.41) is 11.2. The molecule has 22 heavy (non-hydrogen) atoms. The average Bonchev–Trinajstić information content (AvgIpc) is 2.87. The molecule has 3 rings (SSSR count). The van der Waals surface area contributed by atoms with Crippen LogP contribution in [0.25, 0.3) is 0 Å². The van der Waals surface area contributed by atoms with E-state index in [-0.39, 0.29) is 10.6 Å². The zero-order valence-electron chi connectivity index (χ0n) is 12.0. The molecule has 1 N–H and O–H groups in total. The largest absolute Gasteiger partial charge is 0.303 e. The lowest BCUT2D eigenvalue weighted by atomic mass is 9.64. The summed E-state index contributed by atoms with van der Waals surface area (Å²) in [5.41, 5.74) is 0.915. The van der Waals surface area contributed by atoms with E-state index in [0.717, 1.165) is 29.6 Å². The first-order valence-electron chi connectivity index (χ1n) is 6.91. The summed E-state index contributed by atoms with van der Waals surface area (Å²) in [6.07, 6.45) is 2.95. The molecule has 1 heterocycles. The van der Waals surface area contributed by atoms with E-state index in [2.05, 4.69) is 20.1 Å². The number of hydrogen-bond acceptors (Lipinski definition) is 5. The van der Waals surface area contributed by atoms with Gasteiger partial charge in [0.05, 0.1) is 7.05 Å². The van der Waals surface area contributed by atoms with Crippen LogP contribution in [0.1, 0.15) is 24.8 Å². The van der Waals surface area contributed by atoms with Crippen molar-refractivity contribution in [2.24, 2.45) is 7.05 Å². The Morgan fingerprint density at radius 2 is 2.00 bits per heavy atom. The van der Waals surface area contributed by atoms with Crippen molar-refractivity contribution in [3.05, 3.63) is 34.9 Å². The molecule has 0 bridgehead atoms. The van der Waals surface area contributed by atoms with Crippen LogP contribution in [0.15, 0.2) is 29.4 Å². The Bertz CT molecular complexity index is 768. The molecular weight excluding hydrogens is 326 g/mol. The summed E-state index contributed by atoms with van der Waals surface area (Å²) in [6, 6.07) is 7.57. The van der Waals surface area contributed by atoms with Crippen LogP contribution in [-0.2, 0) is 22.5 Å². The second-order valence-corrected chi connectivity index (χ2v) is 7.62. The highest BCUT2D eigenvalue weighted by Gasteiger charge is 2.40. The number of sulfonamides is 1. The molecule has 1 aromatic carbocycles. The molecule has 1 aromatic heterocycles. The van der Waals surface area contributed by atoms with Crippen LogP contribution >= 0.6 is 11.6 Å². The number of nitrogens with one attached hydrogen (secondary N) is 1. The van der Waals surface area contributed by atoms with Gasteiger partial charge in [-0.15, -0.1) is 5.10 Å². The molecule has 0 amide bonds. The maximum Gasteiger partial charge on any atom is 0.303 e. The molecule has 9 heteroatoms. The maximum atomic E-state index is 12.2. The number of benzene rings is 1. The number of hydrogen-bond donors (Lipinski definition) is 1. The van der Waals surface area contributed by atoms with Crippen molar-refractivity contribution in [2.75, 3.05) is 6.54 Å². The van der Waals surface area contributed by atoms with Crippen LogP contribution in [0.2, 0.25) is 5.02 Å². The monoisotopic (exact) mass is 341 g/mol. The molecule has 2 aromatic rings. The highest BCUT2D eigenvalue weighted by molar-refractivity contribution is 7.89. The van der Waals surface area contributed by atoms with Gasteiger partial charge in [-0.2, -0.15) is 4.80 Å². The SMILES string of the molecule is Cn1nnc(S(=O)(=O)NCC2(c3ccc(Cl)cc3)CCC2)n1. The van der Waals surface area contributed by atoms with Gasteiger partial charge in [0.2, 0.25) is 0 Å². The first-order chi connectivity index (χ1) is 10.4. The van der Waals surface area contributed by atoms with Crippen LogP contribution in [0.4, 0.5) is 0 Å². The van der Waals surface area contributed by atoms with Crippen molar-refractivity contribution in [2.45, 2.75) is 29.8 Å². The number of tetrazole rings is 1. The van der Waals surface area contributed by atoms with E-state index >= 15 is 0 Å². The van der Waals surface area contributed by atoms with Gasteiger partial charge in [-0.25, -0.2) is 13.1 Å². The van der Waals surface area contributed by atoms with Gasteiger partial charge in [0, 0.05) is 17.0 Å². The molecule has 0 atom stereocenters. The van der Waals surface area contributed by atoms with Crippen LogP contribution < -0.4 is 4.72 Å². The van der Waals surface area contributed by atoms with Gasteiger partial charge in [0.25, 0.3) is 10.0 Å². The summed E-state index contributed by atoms with van der Waals surface area (Å²) in [4.78, 5) is 1.12. The minimum atomic E-state index is -3.75. The predicted octanol–water partition coefficient (Wildman–Crippen LogP) is 1.26. The third-order valence-corrected chi connectivity index (χ3v) is 5.52. The molecule has 0 saturated heterocycles. The Balaban J connectivity index is 1.78. The van der Waals surface area contributed by atoms with Crippen molar-refractivity contribution in [1.82, 2.24) is 24.9 Å².